The molecule has 0 aliphatic rings. The summed E-state index contributed by atoms with van der Waals surface area (Å²) in [6.45, 7) is 8.40. The van der Waals surface area contributed by atoms with E-state index in [1.165, 1.54) is 0 Å². The summed E-state index contributed by atoms with van der Waals surface area (Å²) < 4.78 is 11.2. The quantitative estimate of drug-likeness (QED) is 0.625. The Morgan fingerprint density at radius 3 is 2.52 bits per heavy atom. The second-order valence-corrected chi connectivity index (χ2v) is 11.0. The average Bonchev–Trinajstić information content (AvgIpc) is 2.95. The molecule has 1 unspecified atom stereocenters. The minimum absolute atomic E-state index is 0.250. The molecule has 0 fully saturated rings. The molecular weight excluding hydrogens is 332 g/mol. The summed E-state index contributed by atoms with van der Waals surface area (Å²) in [5.41, 5.74) is 1.92. The van der Waals surface area contributed by atoms with Crippen molar-refractivity contribution in [3.8, 4) is 0 Å². The van der Waals surface area contributed by atoms with Gasteiger partial charge in [0, 0.05) is 5.02 Å². The van der Waals surface area contributed by atoms with Gasteiger partial charge in [0.05, 0.1) is 12.3 Å². The molecule has 0 amide bonds. The molecule has 5 nitrogen and oxygen atoms in total. The Morgan fingerprint density at radius 2 is 1.96 bits per heavy atom. The number of hydrogen-bond acceptors (Lipinski definition) is 4. The fraction of sp³-hybridized carbons (Fsp3) is 0.375. The number of benzene rings is 1. The van der Waals surface area contributed by atoms with E-state index in [0.717, 1.165) is 11.3 Å². The lowest BCUT2D eigenvalue weighted by Gasteiger charge is -2.26. The molecule has 0 saturated heterocycles. The minimum atomic E-state index is -1.83. The van der Waals surface area contributed by atoms with Crippen LogP contribution in [0.5, 0.6) is 0 Å². The summed E-state index contributed by atoms with van der Waals surface area (Å²) in [6, 6.07) is 9.15. The van der Waals surface area contributed by atoms with Gasteiger partial charge in [0.15, 0.2) is 14.0 Å². The number of nitrogens with zero attached hydrogens (tertiary/aromatic N) is 1. The number of carbonyl (C=O) groups is 1. The molecule has 1 atom stereocenters. The third-order valence-corrected chi connectivity index (χ3v) is 4.20. The van der Waals surface area contributed by atoms with Gasteiger partial charge in [0.1, 0.15) is 6.10 Å². The summed E-state index contributed by atoms with van der Waals surface area (Å²) in [4.78, 5) is 11.8. The molecule has 0 radical (unpaired) electrons. The molecule has 2 rings (SSSR count). The molecule has 1 aromatic heterocycles. The van der Waals surface area contributed by atoms with Gasteiger partial charge in [-0.15, -0.1) is 0 Å². The molecule has 1 N–H and O–H groups in total. The van der Waals surface area contributed by atoms with Crippen LogP contribution < -0.4 is 0 Å². The van der Waals surface area contributed by atoms with Crippen molar-refractivity contribution < 1.29 is 14.0 Å². The summed E-state index contributed by atoms with van der Waals surface area (Å²) in [5.74, 6) is -0.446. The smallest absolute Gasteiger partial charge is 0.358 e. The number of hydrogen-bond donors (Lipinski definition) is 1. The van der Waals surface area contributed by atoms with Crippen molar-refractivity contribution in [3.05, 3.63) is 52.3 Å². The number of aromatic amines is 1. The monoisotopic (exact) mass is 352 g/mol. The number of ether oxygens (including phenoxy) is 1. The molecular formula is C16H21ClN2O3Si. The van der Waals surface area contributed by atoms with Crippen molar-refractivity contribution in [2.45, 2.75) is 32.7 Å². The van der Waals surface area contributed by atoms with Crippen molar-refractivity contribution in [1.82, 2.24) is 10.2 Å². The fourth-order valence-corrected chi connectivity index (χ4v) is 3.18. The predicted octanol–water partition coefficient (Wildman–Crippen LogP) is 4.18. The highest BCUT2D eigenvalue weighted by Crippen LogP contribution is 2.29. The Hall–Kier alpha value is -1.63. The van der Waals surface area contributed by atoms with E-state index in [4.69, 9.17) is 20.8 Å². The van der Waals surface area contributed by atoms with E-state index >= 15 is 0 Å². The van der Waals surface area contributed by atoms with Gasteiger partial charge in [-0.1, -0.05) is 23.7 Å². The highest BCUT2D eigenvalue weighted by molar-refractivity contribution is 6.69. The Labute approximate surface area is 142 Å². The van der Waals surface area contributed by atoms with Gasteiger partial charge in [-0.25, -0.2) is 4.79 Å². The Bertz CT molecular complexity index is 665. The lowest BCUT2D eigenvalue weighted by atomic mass is 10.1. The van der Waals surface area contributed by atoms with Crippen molar-refractivity contribution in [1.29, 1.82) is 0 Å². The predicted molar refractivity (Wildman–Crippen MR) is 92.3 cm³/mol. The Kier molecular flexibility index (Phi) is 5.62. The molecule has 23 heavy (non-hydrogen) atoms. The summed E-state index contributed by atoms with van der Waals surface area (Å²) in [6.07, 6.45) is -0.324. The van der Waals surface area contributed by atoms with Gasteiger partial charge in [-0.2, -0.15) is 5.10 Å². The molecule has 0 aliphatic heterocycles. The molecule has 124 valence electrons. The number of halogens is 1. The van der Waals surface area contributed by atoms with Crippen molar-refractivity contribution >= 4 is 25.9 Å². The van der Waals surface area contributed by atoms with E-state index < -0.39 is 14.3 Å². The van der Waals surface area contributed by atoms with Gasteiger partial charge < -0.3 is 9.16 Å². The van der Waals surface area contributed by atoms with Crippen LogP contribution in [0.3, 0.4) is 0 Å². The van der Waals surface area contributed by atoms with E-state index in [-0.39, 0.29) is 11.8 Å². The maximum absolute atomic E-state index is 11.8. The molecule has 1 aromatic carbocycles. The van der Waals surface area contributed by atoms with Crippen LogP contribution in [-0.4, -0.2) is 31.1 Å². The normalized spacial score (nSPS) is 12.9. The zero-order valence-electron chi connectivity index (χ0n) is 13.7. The number of carbonyl (C=O) groups excluding carboxylic acids is 1. The zero-order chi connectivity index (χ0) is 17.0. The lowest BCUT2D eigenvalue weighted by molar-refractivity contribution is 0.0519. The van der Waals surface area contributed by atoms with Crippen LogP contribution in [-0.2, 0) is 9.16 Å². The Balaban J connectivity index is 2.34. The first-order valence-electron chi connectivity index (χ1n) is 7.46. The standard InChI is InChI=1S/C16H21ClN2O3Si/c1-5-21-16(20)14-10-13(18-19-14)15(22-23(2,3)4)11-6-8-12(17)9-7-11/h6-10,15H,5H2,1-4H3,(H,18,19). The molecule has 0 saturated carbocycles. The van der Waals surface area contributed by atoms with E-state index in [0.29, 0.717) is 11.6 Å². The summed E-state index contributed by atoms with van der Waals surface area (Å²) in [5, 5.41) is 7.60. The molecule has 0 spiro atoms. The molecule has 1 heterocycles. The van der Waals surface area contributed by atoms with Gasteiger partial charge in [-0.3, -0.25) is 5.10 Å². The first kappa shape index (κ1) is 17.7. The second-order valence-electron chi connectivity index (χ2n) is 6.09. The highest BCUT2D eigenvalue weighted by Gasteiger charge is 2.26. The number of esters is 1. The zero-order valence-corrected chi connectivity index (χ0v) is 15.5. The minimum Gasteiger partial charge on any atom is -0.461 e. The van der Waals surface area contributed by atoms with Crippen LogP contribution >= 0.6 is 11.6 Å². The van der Waals surface area contributed by atoms with Crippen LogP contribution in [0.2, 0.25) is 24.7 Å². The van der Waals surface area contributed by atoms with Gasteiger partial charge >= 0.3 is 5.97 Å². The number of H-pyrrole nitrogens is 1. The van der Waals surface area contributed by atoms with Crippen LogP contribution in [0.4, 0.5) is 0 Å². The maximum Gasteiger partial charge on any atom is 0.358 e. The SMILES string of the molecule is CCOC(=O)c1cc(C(O[Si](C)(C)C)c2ccc(Cl)cc2)[nH]n1. The first-order chi connectivity index (χ1) is 10.8. The van der Waals surface area contributed by atoms with Crippen molar-refractivity contribution in [3.63, 3.8) is 0 Å². The third kappa shape index (κ3) is 4.92. The van der Waals surface area contributed by atoms with Crippen LogP contribution in [0.25, 0.3) is 0 Å². The van der Waals surface area contributed by atoms with Gasteiger partial charge in [0.25, 0.3) is 0 Å². The van der Waals surface area contributed by atoms with Gasteiger partial charge in [-0.05, 0) is 50.3 Å². The highest BCUT2D eigenvalue weighted by atomic mass is 35.5. The van der Waals surface area contributed by atoms with E-state index in [2.05, 4.69) is 29.8 Å². The van der Waals surface area contributed by atoms with Crippen molar-refractivity contribution in [2.75, 3.05) is 6.61 Å². The Morgan fingerprint density at radius 1 is 1.30 bits per heavy atom. The van der Waals surface area contributed by atoms with Crippen molar-refractivity contribution in [2.24, 2.45) is 0 Å². The maximum atomic E-state index is 11.8. The van der Waals surface area contributed by atoms with E-state index in [1.54, 1.807) is 13.0 Å². The number of nitrogens with one attached hydrogen (secondary N) is 1. The number of aromatic nitrogens is 2. The number of rotatable bonds is 6. The largest absolute Gasteiger partial charge is 0.461 e. The molecule has 0 aliphatic carbocycles. The topological polar surface area (TPSA) is 64.2 Å². The van der Waals surface area contributed by atoms with E-state index in [1.807, 2.05) is 24.3 Å². The van der Waals surface area contributed by atoms with Crippen LogP contribution in [0, 0.1) is 0 Å². The molecule has 2 aromatic rings. The second kappa shape index (κ2) is 7.29. The van der Waals surface area contributed by atoms with E-state index in [9.17, 15) is 4.79 Å². The molecule has 7 heteroatoms. The lowest BCUT2D eigenvalue weighted by Crippen LogP contribution is -2.28. The van der Waals surface area contributed by atoms with Crippen LogP contribution in [0.1, 0.15) is 34.8 Å². The summed E-state index contributed by atoms with van der Waals surface area (Å²) >= 11 is 5.96. The molecule has 0 bridgehead atoms. The fourth-order valence-electron chi connectivity index (χ4n) is 2.08. The summed E-state index contributed by atoms with van der Waals surface area (Å²) in [7, 11) is -1.83. The van der Waals surface area contributed by atoms with Crippen LogP contribution in [0.15, 0.2) is 30.3 Å². The van der Waals surface area contributed by atoms with Gasteiger partial charge in [0.2, 0.25) is 0 Å². The third-order valence-electron chi connectivity index (χ3n) is 3.01. The average molecular weight is 353 g/mol. The first-order valence-corrected chi connectivity index (χ1v) is 11.2.